The zero-order chi connectivity index (χ0) is 23.4. The van der Waals surface area contributed by atoms with E-state index in [-0.39, 0.29) is 29.4 Å². The summed E-state index contributed by atoms with van der Waals surface area (Å²) in [6.07, 6.45) is 0. The number of esters is 1. The van der Waals surface area contributed by atoms with Crippen LogP contribution < -0.4 is 14.4 Å². The molecule has 3 aromatic carbocycles. The molecule has 0 saturated carbocycles. The molecule has 0 spiro atoms. The Kier molecular flexibility index (Phi) is 6.32. The third kappa shape index (κ3) is 4.54. The van der Waals surface area contributed by atoms with Crippen LogP contribution in [0.2, 0.25) is 0 Å². The number of methoxy groups -OCH3 is 2. The summed E-state index contributed by atoms with van der Waals surface area (Å²) in [6, 6.07) is 20.7. The molecular weight excluding hydrogens is 444 g/mol. The van der Waals surface area contributed by atoms with Crippen molar-refractivity contribution in [3.63, 3.8) is 0 Å². The molecular formula is C24H22N2O6S. The second-order valence-electron chi connectivity index (χ2n) is 7.08. The molecule has 0 amide bonds. The van der Waals surface area contributed by atoms with Crippen LogP contribution in [0.5, 0.6) is 11.5 Å². The van der Waals surface area contributed by atoms with Crippen molar-refractivity contribution in [2.24, 2.45) is 4.40 Å². The second-order valence-corrected chi connectivity index (χ2v) is 8.65. The highest BCUT2D eigenvalue weighted by atomic mass is 32.2. The van der Waals surface area contributed by atoms with E-state index in [2.05, 4.69) is 4.40 Å². The number of ether oxygens (including phenoxy) is 3. The van der Waals surface area contributed by atoms with E-state index in [4.69, 9.17) is 14.2 Å². The lowest BCUT2D eigenvalue weighted by molar-refractivity contribution is 0.0513. The highest BCUT2D eigenvalue weighted by Gasteiger charge is 2.32. The molecule has 0 saturated heterocycles. The van der Waals surface area contributed by atoms with Crippen molar-refractivity contribution in [3.05, 3.63) is 83.9 Å². The Morgan fingerprint density at radius 1 is 0.939 bits per heavy atom. The lowest BCUT2D eigenvalue weighted by atomic mass is 10.1. The maximum atomic E-state index is 12.7. The summed E-state index contributed by atoms with van der Waals surface area (Å²) >= 11 is 0. The third-order valence-corrected chi connectivity index (χ3v) is 6.44. The van der Waals surface area contributed by atoms with Gasteiger partial charge in [-0.05, 0) is 36.4 Å². The number of nitrogens with zero attached hydrogens (tertiary/aromatic N) is 2. The Hall–Kier alpha value is -3.85. The van der Waals surface area contributed by atoms with Gasteiger partial charge in [0.25, 0.3) is 10.0 Å². The van der Waals surface area contributed by atoms with Gasteiger partial charge in [0.1, 0.15) is 28.6 Å². The summed E-state index contributed by atoms with van der Waals surface area (Å²) < 4.78 is 45.1. The SMILES string of the molecule is COc1ccc(C(=O)OCCN(C2=NS(=O)(=O)c3ccccc32)c2ccccc2)c(OC)c1. The van der Waals surface area contributed by atoms with Gasteiger partial charge in [-0.15, -0.1) is 4.40 Å². The molecule has 0 N–H and O–H groups in total. The predicted molar refractivity (Wildman–Crippen MR) is 124 cm³/mol. The molecule has 33 heavy (non-hydrogen) atoms. The highest BCUT2D eigenvalue weighted by molar-refractivity contribution is 7.90. The zero-order valence-electron chi connectivity index (χ0n) is 18.1. The van der Waals surface area contributed by atoms with Crippen LogP contribution in [0.1, 0.15) is 15.9 Å². The minimum Gasteiger partial charge on any atom is -0.497 e. The number of amidine groups is 1. The number of hydrogen-bond donors (Lipinski definition) is 0. The maximum absolute atomic E-state index is 12.7. The van der Waals surface area contributed by atoms with Crippen LogP contribution in [-0.2, 0) is 14.8 Å². The van der Waals surface area contributed by atoms with Gasteiger partial charge in [-0.25, -0.2) is 4.79 Å². The van der Waals surface area contributed by atoms with E-state index in [1.807, 2.05) is 30.3 Å². The molecule has 170 valence electrons. The second kappa shape index (κ2) is 9.33. The Morgan fingerprint density at radius 2 is 1.67 bits per heavy atom. The van der Waals surface area contributed by atoms with Crippen molar-refractivity contribution < 1.29 is 27.4 Å². The van der Waals surface area contributed by atoms with Crippen LogP contribution in [0.25, 0.3) is 0 Å². The third-order valence-electron chi connectivity index (χ3n) is 5.11. The van der Waals surface area contributed by atoms with Gasteiger partial charge in [-0.2, -0.15) is 8.42 Å². The van der Waals surface area contributed by atoms with Crippen molar-refractivity contribution in [2.45, 2.75) is 4.90 Å². The summed E-state index contributed by atoms with van der Waals surface area (Å²) in [5.74, 6) is 0.607. The van der Waals surface area contributed by atoms with Crippen molar-refractivity contribution >= 4 is 27.5 Å². The van der Waals surface area contributed by atoms with Crippen molar-refractivity contribution in [3.8, 4) is 11.5 Å². The number of fused-ring (bicyclic) bond motifs is 1. The monoisotopic (exact) mass is 466 g/mol. The zero-order valence-corrected chi connectivity index (χ0v) is 18.9. The minimum atomic E-state index is -3.80. The molecule has 0 bridgehead atoms. The first-order chi connectivity index (χ1) is 15.9. The van der Waals surface area contributed by atoms with Gasteiger partial charge in [0.15, 0.2) is 5.84 Å². The molecule has 0 unspecified atom stereocenters. The number of benzene rings is 3. The molecule has 1 heterocycles. The fraction of sp³-hybridized carbons (Fsp3) is 0.167. The molecule has 9 heteroatoms. The molecule has 0 aromatic heterocycles. The lowest BCUT2D eigenvalue weighted by Gasteiger charge is -2.24. The number of anilines is 1. The van der Waals surface area contributed by atoms with Gasteiger partial charge in [0, 0.05) is 17.3 Å². The molecule has 8 nitrogen and oxygen atoms in total. The van der Waals surface area contributed by atoms with Crippen molar-refractivity contribution in [1.29, 1.82) is 0 Å². The van der Waals surface area contributed by atoms with E-state index in [0.29, 0.717) is 17.1 Å². The van der Waals surface area contributed by atoms with Gasteiger partial charge in [0.05, 0.1) is 20.8 Å². The number of sulfonamides is 1. The number of para-hydroxylation sites is 1. The molecule has 4 rings (SSSR count). The van der Waals surface area contributed by atoms with E-state index >= 15 is 0 Å². The van der Waals surface area contributed by atoms with E-state index in [1.54, 1.807) is 41.3 Å². The Balaban J connectivity index is 1.57. The number of hydrogen-bond acceptors (Lipinski definition) is 7. The minimum absolute atomic E-state index is 0.00978. The first kappa shape index (κ1) is 22.3. The lowest BCUT2D eigenvalue weighted by Crippen LogP contribution is -2.34. The van der Waals surface area contributed by atoms with Gasteiger partial charge in [0.2, 0.25) is 0 Å². The van der Waals surface area contributed by atoms with Gasteiger partial charge < -0.3 is 19.1 Å². The molecule has 0 aliphatic carbocycles. The average molecular weight is 467 g/mol. The maximum Gasteiger partial charge on any atom is 0.341 e. The molecule has 1 aliphatic heterocycles. The van der Waals surface area contributed by atoms with Crippen LogP contribution in [-0.4, -0.2) is 47.6 Å². The Bertz CT molecular complexity index is 1310. The van der Waals surface area contributed by atoms with Crippen LogP contribution in [0.4, 0.5) is 5.69 Å². The summed E-state index contributed by atoms with van der Waals surface area (Å²) in [4.78, 5) is 14.6. The molecule has 1 aliphatic rings. The summed E-state index contributed by atoms with van der Waals surface area (Å²) in [6.45, 7) is 0.182. The fourth-order valence-corrected chi connectivity index (χ4v) is 4.73. The fourth-order valence-electron chi connectivity index (χ4n) is 3.52. The van der Waals surface area contributed by atoms with Crippen LogP contribution >= 0.6 is 0 Å². The van der Waals surface area contributed by atoms with Gasteiger partial charge >= 0.3 is 5.97 Å². The van der Waals surface area contributed by atoms with E-state index in [1.165, 1.54) is 20.3 Å². The smallest absolute Gasteiger partial charge is 0.341 e. The topological polar surface area (TPSA) is 94.5 Å². The summed E-state index contributed by atoms with van der Waals surface area (Å²) in [5, 5.41) is 0. The predicted octanol–water partition coefficient (Wildman–Crippen LogP) is 3.52. The molecule has 0 fully saturated rings. The largest absolute Gasteiger partial charge is 0.497 e. The quantitative estimate of drug-likeness (QED) is 0.492. The number of carbonyl (C=O) groups excluding carboxylic acids is 1. The van der Waals surface area contributed by atoms with E-state index in [0.717, 1.165) is 5.69 Å². The first-order valence-corrected chi connectivity index (χ1v) is 11.5. The average Bonchev–Trinajstić information content (AvgIpc) is 3.12. The molecule has 3 aromatic rings. The molecule has 0 atom stereocenters. The molecule has 0 radical (unpaired) electrons. The Morgan fingerprint density at radius 3 is 2.39 bits per heavy atom. The van der Waals surface area contributed by atoms with Crippen LogP contribution in [0.3, 0.4) is 0 Å². The number of rotatable bonds is 7. The van der Waals surface area contributed by atoms with Gasteiger partial charge in [-0.1, -0.05) is 30.3 Å². The van der Waals surface area contributed by atoms with Crippen LogP contribution in [0, 0.1) is 0 Å². The standard InChI is InChI=1S/C24H22N2O6S/c1-30-18-12-13-19(21(16-18)31-2)24(27)32-15-14-26(17-8-4-3-5-9-17)23-20-10-6-7-11-22(20)33(28,29)25-23/h3-13,16H,14-15H2,1-2H3. The van der Waals surface area contributed by atoms with Crippen molar-refractivity contribution in [2.75, 3.05) is 32.3 Å². The summed E-state index contributed by atoms with van der Waals surface area (Å²) in [5.41, 5.74) is 1.49. The summed E-state index contributed by atoms with van der Waals surface area (Å²) in [7, 11) is -0.818. The number of carbonyl (C=O) groups is 1. The van der Waals surface area contributed by atoms with Crippen LogP contribution in [0.15, 0.2) is 82.1 Å². The highest BCUT2D eigenvalue weighted by Crippen LogP contribution is 2.30. The van der Waals surface area contributed by atoms with E-state index < -0.39 is 16.0 Å². The first-order valence-electron chi connectivity index (χ1n) is 10.1. The Labute approximate surface area is 192 Å². The van der Waals surface area contributed by atoms with Crippen molar-refractivity contribution in [1.82, 2.24) is 0 Å². The normalized spacial score (nSPS) is 13.6. The van der Waals surface area contributed by atoms with Gasteiger partial charge in [-0.3, -0.25) is 0 Å². The van der Waals surface area contributed by atoms with E-state index in [9.17, 15) is 13.2 Å².